The molecule has 1 nitrogen and oxygen atoms in total. The highest BCUT2D eigenvalue weighted by Crippen LogP contribution is 2.32. The quantitative estimate of drug-likeness (QED) is 0.689. The van der Waals surface area contributed by atoms with Crippen LogP contribution in [0, 0.1) is 5.41 Å². The molecule has 0 bridgehead atoms. The van der Waals surface area contributed by atoms with Crippen molar-refractivity contribution in [1.29, 1.82) is 0 Å². The van der Waals surface area contributed by atoms with Crippen molar-refractivity contribution in [1.82, 2.24) is 0 Å². The fourth-order valence-electron chi connectivity index (χ4n) is 1.11. The standard InChI is InChI=1S/C13H15F3OS.C2H6/c1-9(17)12(2,3)8-18-11-6-4-10(5-7-11)13(14,15)16;1-2/h4-7H,8H2,1-3H3;1-2H3. The predicted molar refractivity (Wildman–Crippen MR) is 78.0 cm³/mol. The Hall–Kier alpha value is -0.970. The lowest BCUT2D eigenvalue weighted by molar-refractivity contribution is -0.137. The smallest absolute Gasteiger partial charge is 0.299 e. The van der Waals surface area contributed by atoms with Crippen molar-refractivity contribution in [3.05, 3.63) is 29.8 Å². The summed E-state index contributed by atoms with van der Waals surface area (Å²) in [5, 5.41) is 0. The van der Waals surface area contributed by atoms with E-state index in [1.165, 1.54) is 30.8 Å². The van der Waals surface area contributed by atoms with Gasteiger partial charge in [-0.05, 0) is 31.2 Å². The molecule has 0 saturated heterocycles. The van der Waals surface area contributed by atoms with Crippen molar-refractivity contribution in [2.24, 2.45) is 5.41 Å². The Balaban J connectivity index is 0.00000172. The fraction of sp³-hybridized carbons (Fsp3) is 0.533. The molecule has 0 aromatic heterocycles. The van der Waals surface area contributed by atoms with Crippen LogP contribution in [-0.2, 0) is 11.0 Å². The van der Waals surface area contributed by atoms with Crippen molar-refractivity contribution in [2.45, 2.75) is 45.7 Å². The number of ketones is 1. The third-order valence-electron chi connectivity index (χ3n) is 2.73. The average Bonchev–Trinajstić information content (AvgIpc) is 2.38. The largest absolute Gasteiger partial charge is 0.416 e. The van der Waals surface area contributed by atoms with Crippen LogP contribution in [0.5, 0.6) is 0 Å². The molecule has 0 saturated carbocycles. The van der Waals surface area contributed by atoms with Crippen LogP contribution >= 0.6 is 11.8 Å². The summed E-state index contributed by atoms with van der Waals surface area (Å²) in [6, 6.07) is 4.99. The van der Waals surface area contributed by atoms with Gasteiger partial charge in [-0.1, -0.05) is 27.7 Å². The number of benzene rings is 1. The zero-order valence-electron chi connectivity index (χ0n) is 12.5. The number of hydrogen-bond acceptors (Lipinski definition) is 2. The minimum atomic E-state index is -4.30. The SMILES string of the molecule is CC.CC(=O)C(C)(C)CSc1ccc(C(F)(F)F)cc1. The Labute approximate surface area is 123 Å². The van der Waals surface area contributed by atoms with Crippen molar-refractivity contribution in [3.8, 4) is 0 Å². The Morgan fingerprint density at radius 3 is 1.90 bits per heavy atom. The molecule has 0 radical (unpaired) electrons. The van der Waals surface area contributed by atoms with Gasteiger partial charge in [0.25, 0.3) is 0 Å². The summed E-state index contributed by atoms with van der Waals surface area (Å²) >= 11 is 1.39. The van der Waals surface area contributed by atoms with E-state index in [-0.39, 0.29) is 5.78 Å². The third kappa shape index (κ3) is 5.99. The Morgan fingerprint density at radius 1 is 1.10 bits per heavy atom. The minimum absolute atomic E-state index is 0.0712. The summed E-state index contributed by atoms with van der Waals surface area (Å²) in [4.78, 5) is 12.0. The first-order valence-corrected chi connectivity index (χ1v) is 7.42. The highest BCUT2D eigenvalue weighted by Gasteiger charge is 2.30. The van der Waals surface area contributed by atoms with E-state index in [9.17, 15) is 18.0 Å². The normalized spacial score (nSPS) is 11.6. The van der Waals surface area contributed by atoms with Crippen molar-refractivity contribution < 1.29 is 18.0 Å². The molecule has 20 heavy (non-hydrogen) atoms. The number of alkyl halides is 3. The molecule has 0 spiro atoms. The topological polar surface area (TPSA) is 17.1 Å². The molecule has 0 aliphatic rings. The lowest BCUT2D eigenvalue weighted by Gasteiger charge is -2.20. The van der Waals surface area contributed by atoms with Crippen molar-refractivity contribution in [2.75, 3.05) is 5.75 Å². The molecule has 0 unspecified atom stereocenters. The van der Waals surface area contributed by atoms with Gasteiger partial charge in [0.2, 0.25) is 0 Å². The van der Waals surface area contributed by atoms with Crippen molar-refractivity contribution >= 4 is 17.5 Å². The van der Waals surface area contributed by atoms with Crippen LogP contribution in [0.15, 0.2) is 29.2 Å². The first-order chi connectivity index (χ1) is 9.13. The molecule has 0 aliphatic carbocycles. The highest BCUT2D eigenvalue weighted by atomic mass is 32.2. The second kappa shape index (κ2) is 7.72. The number of rotatable bonds is 4. The molecule has 0 heterocycles. The molecular formula is C15H21F3OS. The molecule has 0 N–H and O–H groups in total. The summed E-state index contributed by atoms with van der Waals surface area (Å²) in [5.41, 5.74) is -1.12. The van der Waals surface area contributed by atoms with E-state index in [4.69, 9.17) is 0 Å². The van der Waals surface area contributed by atoms with Crippen LogP contribution < -0.4 is 0 Å². The zero-order chi connectivity index (χ0) is 16.0. The number of hydrogen-bond donors (Lipinski definition) is 0. The second-order valence-electron chi connectivity index (χ2n) is 4.75. The molecule has 0 amide bonds. The Bertz CT molecular complexity index is 422. The van der Waals surface area contributed by atoms with Gasteiger partial charge in [0.05, 0.1) is 5.56 Å². The highest BCUT2D eigenvalue weighted by molar-refractivity contribution is 7.99. The van der Waals surface area contributed by atoms with Gasteiger partial charge in [-0.3, -0.25) is 4.79 Å². The molecular weight excluding hydrogens is 285 g/mol. The molecule has 5 heteroatoms. The van der Waals surface area contributed by atoms with Gasteiger partial charge in [-0.2, -0.15) is 13.2 Å². The van der Waals surface area contributed by atoms with Crippen LogP contribution in [0.4, 0.5) is 13.2 Å². The van der Waals surface area contributed by atoms with Crippen LogP contribution in [0.3, 0.4) is 0 Å². The van der Waals surface area contributed by atoms with Gasteiger partial charge < -0.3 is 0 Å². The maximum atomic E-state index is 12.3. The van der Waals surface area contributed by atoms with Crippen LogP contribution in [-0.4, -0.2) is 11.5 Å². The van der Waals surface area contributed by atoms with E-state index in [2.05, 4.69) is 0 Å². The summed E-state index contributed by atoms with van der Waals surface area (Å²) in [5.74, 6) is 0.621. The van der Waals surface area contributed by atoms with Crippen LogP contribution in [0.25, 0.3) is 0 Å². The van der Waals surface area contributed by atoms with Crippen LogP contribution in [0.1, 0.15) is 40.2 Å². The Kier molecular flexibility index (Phi) is 7.34. The first-order valence-electron chi connectivity index (χ1n) is 6.44. The number of halogens is 3. The molecule has 0 fully saturated rings. The van der Waals surface area contributed by atoms with Gasteiger partial charge in [0, 0.05) is 16.1 Å². The lowest BCUT2D eigenvalue weighted by atomic mass is 9.92. The predicted octanol–water partition coefficient (Wildman–Crippen LogP) is 5.44. The molecule has 114 valence electrons. The molecule has 1 rings (SSSR count). The molecule has 0 atom stereocenters. The first kappa shape index (κ1) is 19.0. The number of carbonyl (C=O) groups is 1. The Morgan fingerprint density at radius 2 is 1.55 bits per heavy atom. The van der Waals surface area contributed by atoms with E-state index in [0.717, 1.165) is 17.0 Å². The molecule has 0 aliphatic heterocycles. The van der Waals surface area contributed by atoms with Crippen molar-refractivity contribution in [3.63, 3.8) is 0 Å². The molecule has 1 aromatic rings. The van der Waals surface area contributed by atoms with Gasteiger partial charge >= 0.3 is 6.18 Å². The molecule has 1 aromatic carbocycles. The van der Waals surface area contributed by atoms with E-state index < -0.39 is 17.2 Å². The third-order valence-corrected chi connectivity index (χ3v) is 4.21. The van der Waals surface area contributed by atoms with Gasteiger partial charge in [0.15, 0.2) is 0 Å². The number of carbonyl (C=O) groups excluding carboxylic acids is 1. The maximum Gasteiger partial charge on any atom is 0.416 e. The van der Waals surface area contributed by atoms with E-state index in [1.807, 2.05) is 27.7 Å². The summed E-state index contributed by atoms with van der Waals surface area (Å²) in [6.45, 7) is 9.17. The van der Waals surface area contributed by atoms with Crippen LogP contribution in [0.2, 0.25) is 0 Å². The van der Waals surface area contributed by atoms with Gasteiger partial charge in [0.1, 0.15) is 5.78 Å². The fourth-order valence-corrected chi connectivity index (χ4v) is 2.16. The summed E-state index contributed by atoms with van der Waals surface area (Å²) in [7, 11) is 0. The van der Waals surface area contributed by atoms with Gasteiger partial charge in [-0.25, -0.2) is 0 Å². The monoisotopic (exact) mass is 306 g/mol. The number of Topliss-reactive ketones (excluding diaryl/α,β-unsaturated/α-hetero) is 1. The lowest BCUT2D eigenvalue weighted by Crippen LogP contribution is -2.23. The number of thioether (sulfide) groups is 1. The summed E-state index contributed by atoms with van der Waals surface area (Å²) < 4.78 is 37.0. The van der Waals surface area contributed by atoms with E-state index in [0.29, 0.717) is 5.75 Å². The van der Waals surface area contributed by atoms with Gasteiger partial charge in [-0.15, -0.1) is 11.8 Å². The second-order valence-corrected chi connectivity index (χ2v) is 5.80. The minimum Gasteiger partial charge on any atom is -0.299 e. The summed E-state index contributed by atoms with van der Waals surface area (Å²) in [6.07, 6.45) is -4.30. The zero-order valence-corrected chi connectivity index (χ0v) is 13.3. The van der Waals surface area contributed by atoms with E-state index in [1.54, 1.807) is 0 Å². The average molecular weight is 306 g/mol. The van der Waals surface area contributed by atoms with E-state index >= 15 is 0 Å². The maximum absolute atomic E-state index is 12.3.